The van der Waals surface area contributed by atoms with E-state index in [2.05, 4.69) is 9.50 Å². The number of alkyl halides is 3. The molecule has 1 aliphatic rings. The quantitative estimate of drug-likeness (QED) is 0.461. The van der Waals surface area contributed by atoms with Gasteiger partial charge in [0.25, 0.3) is 0 Å². The Bertz CT molecular complexity index is 633. The van der Waals surface area contributed by atoms with Crippen LogP contribution in [0.5, 0.6) is 0 Å². The molecule has 1 N–H and O–H groups in total. The molecule has 1 rings (SSSR count). The fraction of sp³-hybridized carbons (Fsp3) is 0.692. The number of hydrogen-bond acceptors (Lipinski definition) is 6. The second-order valence-corrected chi connectivity index (χ2v) is 7.61. The van der Waals surface area contributed by atoms with Crippen molar-refractivity contribution in [2.75, 3.05) is 0 Å². The first-order chi connectivity index (χ1) is 10.8. The van der Waals surface area contributed by atoms with Gasteiger partial charge < -0.3 is 14.2 Å². The summed E-state index contributed by atoms with van der Waals surface area (Å²) in [6.07, 6.45) is -0.433. The second-order valence-electron chi connectivity index (χ2n) is 6.07. The van der Waals surface area contributed by atoms with Crippen molar-refractivity contribution in [2.24, 2.45) is 0 Å². The number of aldehydes is 1. The Hall–Kier alpha value is -1.78. The van der Waals surface area contributed by atoms with E-state index in [0.717, 1.165) is 0 Å². The van der Waals surface area contributed by atoms with Gasteiger partial charge in [0.1, 0.15) is 11.4 Å². The van der Waals surface area contributed by atoms with E-state index in [1.165, 1.54) is 0 Å². The molecule has 1 unspecified atom stereocenters. The summed E-state index contributed by atoms with van der Waals surface area (Å²) < 4.78 is 68.4. The highest BCUT2D eigenvalue weighted by Gasteiger charge is 2.49. The largest absolute Gasteiger partial charge is 0.534 e. The highest BCUT2D eigenvalue weighted by molar-refractivity contribution is 7.87. The fourth-order valence-corrected chi connectivity index (χ4v) is 2.52. The van der Waals surface area contributed by atoms with Gasteiger partial charge in [-0.15, -0.1) is 0 Å². The van der Waals surface area contributed by atoms with Crippen LogP contribution in [0, 0.1) is 0 Å². The van der Waals surface area contributed by atoms with Gasteiger partial charge in [0.05, 0.1) is 11.6 Å². The van der Waals surface area contributed by atoms with Gasteiger partial charge in [-0.1, -0.05) is 0 Å². The number of amides is 1. The maximum atomic E-state index is 12.4. The molecule has 0 spiro atoms. The fourth-order valence-electron chi connectivity index (χ4n) is 1.98. The molecule has 0 aliphatic heterocycles. The van der Waals surface area contributed by atoms with Gasteiger partial charge in [0.15, 0.2) is 6.29 Å². The molecule has 138 valence electrons. The van der Waals surface area contributed by atoms with Crippen molar-refractivity contribution in [3.63, 3.8) is 0 Å². The molecular formula is C13H18F3NO6S. The molecule has 0 heterocycles. The molecule has 0 bridgehead atoms. The van der Waals surface area contributed by atoms with Crippen LogP contribution in [0.1, 0.15) is 40.0 Å². The van der Waals surface area contributed by atoms with Crippen LogP contribution in [0.25, 0.3) is 0 Å². The minimum atomic E-state index is -5.88. The third-order valence-corrected chi connectivity index (χ3v) is 3.89. The zero-order chi connectivity index (χ0) is 18.8. The van der Waals surface area contributed by atoms with Crippen LogP contribution in [0.15, 0.2) is 11.3 Å². The standard InChI is InChI=1S/C13H18F3NO6S/c1-12(2,3)22-11(19)17-9-5-4-6-10(8(9)7-18)23-24(20,21)13(14,15)16/h7,9H,4-6H2,1-3H3,(H,17,19). The number of ether oxygens (including phenoxy) is 1. The van der Waals surface area contributed by atoms with Crippen molar-refractivity contribution in [2.45, 2.75) is 57.2 Å². The third kappa shape index (κ3) is 5.39. The molecule has 0 saturated carbocycles. The molecule has 24 heavy (non-hydrogen) atoms. The van der Waals surface area contributed by atoms with Crippen LogP contribution >= 0.6 is 0 Å². The number of nitrogens with one attached hydrogen (secondary N) is 1. The minimum absolute atomic E-state index is 0.169. The monoisotopic (exact) mass is 373 g/mol. The van der Waals surface area contributed by atoms with Gasteiger partial charge in [0, 0.05) is 6.42 Å². The van der Waals surface area contributed by atoms with Crippen molar-refractivity contribution in [1.29, 1.82) is 0 Å². The van der Waals surface area contributed by atoms with E-state index < -0.39 is 39.1 Å². The van der Waals surface area contributed by atoms with Crippen molar-refractivity contribution < 1.29 is 40.1 Å². The number of allylic oxidation sites excluding steroid dienone is 1. The summed E-state index contributed by atoms with van der Waals surface area (Å²) in [5.74, 6) is -0.630. The van der Waals surface area contributed by atoms with Gasteiger partial charge in [-0.25, -0.2) is 4.79 Å². The molecule has 0 aromatic rings. The van der Waals surface area contributed by atoms with Crippen LogP contribution in [-0.4, -0.2) is 37.9 Å². The summed E-state index contributed by atoms with van der Waals surface area (Å²) in [7, 11) is -5.88. The first-order valence-electron chi connectivity index (χ1n) is 6.95. The van der Waals surface area contributed by atoms with Crippen LogP contribution < -0.4 is 5.32 Å². The Morgan fingerprint density at radius 1 is 1.29 bits per heavy atom. The summed E-state index contributed by atoms with van der Waals surface area (Å²) in [6.45, 7) is 4.82. The normalized spacial score (nSPS) is 19.7. The van der Waals surface area contributed by atoms with Crippen molar-refractivity contribution in [1.82, 2.24) is 5.32 Å². The van der Waals surface area contributed by atoms with E-state index in [1.807, 2.05) is 0 Å². The Kier molecular flexibility index (Phi) is 5.91. The molecule has 0 aromatic heterocycles. The highest BCUT2D eigenvalue weighted by atomic mass is 32.2. The predicted molar refractivity (Wildman–Crippen MR) is 76.2 cm³/mol. The van der Waals surface area contributed by atoms with Crippen molar-refractivity contribution in [3.8, 4) is 0 Å². The summed E-state index contributed by atoms with van der Waals surface area (Å²) in [6, 6.07) is -0.996. The van der Waals surface area contributed by atoms with E-state index in [4.69, 9.17) is 4.74 Å². The molecule has 7 nitrogen and oxygen atoms in total. The van der Waals surface area contributed by atoms with Gasteiger partial charge in [-0.05, 0) is 33.6 Å². The number of halogens is 3. The Morgan fingerprint density at radius 2 is 1.88 bits per heavy atom. The molecule has 0 aromatic carbocycles. The number of alkyl carbamates (subject to hydrolysis) is 1. The van der Waals surface area contributed by atoms with E-state index in [0.29, 0.717) is 0 Å². The molecular weight excluding hydrogens is 355 g/mol. The van der Waals surface area contributed by atoms with Crippen LogP contribution in [0.4, 0.5) is 18.0 Å². The maximum Gasteiger partial charge on any atom is 0.534 e. The molecule has 0 fully saturated rings. The summed E-state index contributed by atoms with van der Waals surface area (Å²) >= 11 is 0. The third-order valence-electron chi connectivity index (χ3n) is 2.91. The molecule has 0 saturated heterocycles. The van der Waals surface area contributed by atoms with E-state index >= 15 is 0 Å². The number of carbonyl (C=O) groups is 2. The molecule has 0 radical (unpaired) electrons. The Morgan fingerprint density at radius 3 is 2.33 bits per heavy atom. The van der Waals surface area contributed by atoms with Gasteiger partial charge in [-0.2, -0.15) is 21.6 Å². The highest BCUT2D eigenvalue weighted by Crippen LogP contribution is 2.32. The topological polar surface area (TPSA) is 98.8 Å². The molecule has 1 amide bonds. The SMILES string of the molecule is CC(C)(C)OC(=O)NC1CCCC(OS(=O)(=O)C(F)(F)F)=C1C=O. The predicted octanol–water partition coefficient (Wildman–Crippen LogP) is 2.38. The first kappa shape index (κ1) is 20.3. The second kappa shape index (κ2) is 6.99. The van der Waals surface area contributed by atoms with Gasteiger partial charge in [-0.3, -0.25) is 4.79 Å². The van der Waals surface area contributed by atoms with Crippen LogP contribution in [-0.2, 0) is 23.8 Å². The lowest BCUT2D eigenvalue weighted by atomic mass is 9.93. The lowest BCUT2D eigenvalue weighted by molar-refractivity contribution is -0.105. The average molecular weight is 373 g/mol. The van der Waals surface area contributed by atoms with Gasteiger partial charge >= 0.3 is 21.7 Å². The number of carbonyl (C=O) groups excluding carboxylic acids is 2. The Labute approximate surface area is 137 Å². The summed E-state index contributed by atoms with van der Waals surface area (Å²) in [5, 5.41) is 2.32. The lowest BCUT2D eigenvalue weighted by Crippen LogP contribution is -2.42. The molecule has 1 aliphatic carbocycles. The van der Waals surface area contributed by atoms with Gasteiger partial charge in [0.2, 0.25) is 0 Å². The lowest BCUT2D eigenvalue weighted by Gasteiger charge is -2.27. The van der Waals surface area contributed by atoms with E-state index in [9.17, 15) is 31.2 Å². The molecule has 11 heteroatoms. The molecule has 1 atom stereocenters. The summed E-state index contributed by atoms with van der Waals surface area (Å²) in [5.41, 5.74) is -6.79. The number of hydrogen-bond donors (Lipinski definition) is 1. The zero-order valence-corrected chi connectivity index (χ0v) is 14.1. The Balaban J connectivity index is 3.01. The average Bonchev–Trinajstić information content (AvgIpc) is 2.34. The minimum Gasteiger partial charge on any atom is -0.444 e. The van der Waals surface area contributed by atoms with Crippen LogP contribution in [0.3, 0.4) is 0 Å². The number of rotatable bonds is 4. The van der Waals surface area contributed by atoms with Crippen molar-refractivity contribution >= 4 is 22.5 Å². The van der Waals surface area contributed by atoms with E-state index in [-0.39, 0.29) is 31.1 Å². The first-order valence-corrected chi connectivity index (χ1v) is 8.36. The summed E-state index contributed by atoms with van der Waals surface area (Å²) in [4.78, 5) is 22.9. The van der Waals surface area contributed by atoms with Crippen molar-refractivity contribution in [3.05, 3.63) is 11.3 Å². The van der Waals surface area contributed by atoms with Crippen LogP contribution in [0.2, 0.25) is 0 Å². The maximum absolute atomic E-state index is 12.4. The smallest absolute Gasteiger partial charge is 0.444 e. The van der Waals surface area contributed by atoms with E-state index in [1.54, 1.807) is 20.8 Å². The zero-order valence-electron chi connectivity index (χ0n) is 13.3.